The zero-order valence-corrected chi connectivity index (χ0v) is 8.29. The van der Waals surface area contributed by atoms with Crippen molar-refractivity contribution in [1.82, 2.24) is 10.2 Å². The summed E-state index contributed by atoms with van der Waals surface area (Å²) in [5.41, 5.74) is 5.10. The molecule has 1 amide bonds. The molecule has 0 aromatic carbocycles. The number of carbonyl (C=O) groups is 1. The zero-order chi connectivity index (χ0) is 9.72. The lowest BCUT2D eigenvalue weighted by Gasteiger charge is -2.20. The van der Waals surface area contributed by atoms with Crippen LogP contribution in [0, 0.1) is 0 Å². The van der Waals surface area contributed by atoms with Gasteiger partial charge in [-0.25, -0.2) is 0 Å². The first kappa shape index (κ1) is 11.4. The van der Waals surface area contributed by atoms with Crippen molar-refractivity contribution in [1.29, 1.82) is 0 Å². The Bertz CT molecular complexity index is 147. The standard InChI is InChI=1S/C8H19N3O/c1-6(5-11(3)4)10-7(2)8(9)12/h6-7,10H,5H2,1-4H3,(H2,9,12). The van der Waals surface area contributed by atoms with E-state index in [1.54, 1.807) is 6.92 Å². The maximum absolute atomic E-state index is 10.7. The third kappa shape index (κ3) is 5.09. The second-order valence-corrected chi connectivity index (χ2v) is 3.45. The second kappa shape index (κ2) is 5.11. The van der Waals surface area contributed by atoms with Crippen LogP contribution in [0.2, 0.25) is 0 Å². The Hall–Kier alpha value is -0.610. The van der Waals surface area contributed by atoms with Crippen molar-refractivity contribution >= 4 is 5.91 Å². The summed E-state index contributed by atoms with van der Waals surface area (Å²) in [6.45, 7) is 4.70. The summed E-state index contributed by atoms with van der Waals surface area (Å²) in [6, 6.07) is 0.0300. The van der Waals surface area contributed by atoms with Gasteiger partial charge in [0.15, 0.2) is 0 Å². The molecule has 0 aliphatic carbocycles. The van der Waals surface area contributed by atoms with Crippen molar-refractivity contribution in [3.05, 3.63) is 0 Å². The molecule has 0 aliphatic rings. The highest BCUT2D eigenvalue weighted by atomic mass is 16.1. The maximum Gasteiger partial charge on any atom is 0.234 e. The highest BCUT2D eigenvalue weighted by Gasteiger charge is 2.11. The Labute approximate surface area is 74.1 Å². The van der Waals surface area contributed by atoms with Crippen LogP contribution in [0.3, 0.4) is 0 Å². The van der Waals surface area contributed by atoms with E-state index in [0.717, 1.165) is 6.54 Å². The van der Waals surface area contributed by atoms with Crippen LogP contribution in [-0.4, -0.2) is 43.5 Å². The molecule has 72 valence electrons. The molecule has 0 rings (SSSR count). The first-order chi connectivity index (χ1) is 5.43. The third-order valence-electron chi connectivity index (χ3n) is 1.60. The van der Waals surface area contributed by atoms with Crippen LogP contribution in [0.15, 0.2) is 0 Å². The molecule has 0 spiro atoms. The Morgan fingerprint density at radius 1 is 1.50 bits per heavy atom. The molecule has 0 aliphatic heterocycles. The van der Waals surface area contributed by atoms with E-state index >= 15 is 0 Å². The summed E-state index contributed by atoms with van der Waals surface area (Å²) in [5, 5.41) is 3.09. The lowest BCUT2D eigenvalue weighted by Crippen LogP contribution is -2.46. The minimum absolute atomic E-state index is 0.250. The smallest absolute Gasteiger partial charge is 0.234 e. The first-order valence-electron chi connectivity index (χ1n) is 4.13. The molecule has 12 heavy (non-hydrogen) atoms. The van der Waals surface area contributed by atoms with E-state index in [9.17, 15) is 4.79 Å². The largest absolute Gasteiger partial charge is 0.368 e. The minimum atomic E-state index is -0.305. The Morgan fingerprint density at radius 3 is 2.33 bits per heavy atom. The number of rotatable bonds is 5. The Morgan fingerprint density at radius 2 is 2.00 bits per heavy atom. The molecule has 2 unspecified atom stereocenters. The van der Waals surface area contributed by atoms with Gasteiger partial charge in [0.05, 0.1) is 6.04 Å². The van der Waals surface area contributed by atoms with Gasteiger partial charge in [0.1, 0.15) is 0 Å². The molecule has 4 nitrogen and oxygen atoms in total. The number of nitrogens with two attached hydrogens (primary N) is 1. The number of primary amides is 1. The van der Waals surface area contributed by atoms with Crippen molar-refractivity contribution in [2.24, 2.45) is 5.73 Å². The molecule has 0 saturated heterocycles. The summed E-state index contributed by atoms with van der Waals surface area (Å²) in [7, 11) is 3.99. The van der Waals surface area contributed by atoms with Crippen molar-refractivity contribution in [3.63, 3.8) is 0 Å². The van der Waals surface area contributed by atoms with Gasteiger partial charge in [-0.1, -0.05) is 0 Å². The topological polar surface area (TPSA) is 58.4 Å². The average Bonchev–Trinajstić information content (AvgIpc) is 1.84. The monoisotopic (exact) mass is 173 g/mol. The summed E-state index contributed by atoms with van der Waals surface area (Å²) in [5.74, 6) is -0.305. The first-order valence-corrected chi connectivity index (χ1v) is 4.13. The molecule has 0 aromatic heterocycles. The van der Waals surface area contributed by atoms with Crippen LogP contribution in [0.5, 0.6) is 0 Å². The molecule has 0 heterocycles. The van der Waals surface area contributed by atoms with Crippen molar-refractivity contribution in [3.8, 4) is 0 Å². The van der Waals surface area contributed by atoms with E-state index < -0.39 is 0 Å². The fraction of sp³-hybridized carbons (Fsp3) is 0.875. The van der Waals surface area contributed by atoms with Gasteiger partial charge < -0.3 is 16.0 Å². The summed E-state index contributed by atoms with van der Waals surface area (Å²) >= 11 is 0. The van der Waals surface area contributed by atoms with E-state index in [1.165, 1.54) is 0 Å². The molecule has 0 bridgehead atoms. The van der Waals surface area contributed by atoms with E-state index in [-0.39, 0.29) is 18.0 Å². The number of carbonyl (C=O) groups excluding carboxylic acids is 1. The molecule has 3 N–H and O–H groups in total. The highest BCUT2D eigenvalue weighted by molar-refractivity contribution is 5.79. The molecule has 2 atom stereocenters. The Balaban J connectivity index is 3.68. The zero-order valence-electron chi connectivity index (χ0n) is 8.29. The van der Waals surface area contributed by atoms with Crippen LogP contribution in [0.4, 0.5) is 0 Å². The van der Waals surface area contributed by atoms with Gasteiger partial charge in [0, 0.05) is 12.6 Å². The number of hydrogen-bond acceptors (Lipinski definition) is 3. The van der Waals surface area contributed by atoms with Crippen LogP contribution in [0.25, 0.3) is 0 Å². The SMILES string of the molecule is CC(CN(C)C)NC(C)C(N)=O. The molecule has 0 saturated carbocycles. The van der Waals surface area contributed by atoms with Crippen LogP contribution in [0.1, 0.15) is 13.8 Å². The maximum atomic E-state index is 10.7. The third-order valence-corrected chi connectivity index (χ3v) is 1.60. The number of amides is 1. The predicted octanol–water partition coefficient (Wildman–Crippen LogP) is -0.600. The number of hydrogen-bond donors (Lipinski definition) is 2. The number of nitrogens with zero attached hydrogens (tertiary/aromatic N) is 1. The van der Waals surface area contributed by atoms with E-state index in [0.29, 0.717) is 0 Å². The molecular formula is C8H19N3O. The summed E-state index contributed by atoms with van der Waals surface area (Å²) in [6.07, 6.45) is 0. The fourth-order valence-electron chi connectivity index (χ4n) is 1.11. The van der Waals surface area contributed by atoms with Crippen LogP contribution < -0.4 is 11.1 Å². The summed E-state index contributed by atoms with van der Waals surface area (Å²) in [4.78, 5) is 12.7. The van der Waals surface area contributed by atoms with Crippen LogP contribution in [-0.2, 0) is 4.79 Å². The quantitative estimate of drug-likeness (QED) is 0.583. The Kier molecular flexibility index (Phi) is 4.85. The summed E-state index contributed by atoms with van der Waals surface area (Å²) < 4.78 is 0. The van der Waals surface area contributed by atoms with Crippen molar-refractivity contribution < 1.29 is 4.79 Å². The molecular weight excluding hydrogens is 154 g/mol. The van der Waals surface area contributed by atoms with Gasteiger partial charge in [-0.2, -0.15) is 0 Å². The van der Waals surface area contributed by atoms with E-state index in [4.69, 9.17) is 5.73 Å². The van der Waals surface area contributed by atoms with Gasteiger partial charge in [0.25, 0.3) is 0 Å². The van der Waals surface area contributed by atoms with Crippen LogP contribution >= 0.6 is 0 Å². The molecule has 4 heteroatoms. The lowest BCUT2D eigenvalue weighted by atomic mass is 10.2. The molecule has 0 aromatic rings. The average molecular weight is 173 g/mol. The van der Waals surface area contributed by atoms with Gasteiger partial charge in [-0.05, 0) is 27.9 Å². The molecule has 0 radical (unpaired) electrons. The minimum Gasteiger partial charge on any atom is -0.368 e. The lowest BCUT2D eigenvalue weighted by molar-refractivity contribution is -0.119. The predicted molar refractivity (Wildman–Crippen MR) is 49.8 cm³/mol. The van der Waals surface area contributed by atoms with Crippen molar-refractivity contribution in [2.75, 3.05) is 20.6 Å². The number of likely N-dealkylation sites (N-methyl/N-ethyl adjacent to an activating group) is 1. The number of nitrogens with one attached hydrogen (secondary N) is 1. The highest BCUT2D eigenvalue weighted by Crippen LogP contribution is 1.88. The van der Waals surface area contributed by atoms with Crippen molar-refractivity contribution in [2.45, 2.75) is 25.9 Å². The fourth-order valence-corrected chi connectivity index (χ4v) is 1.11. The van der Waals surface area contributed by atoms with Gasteiger partial charge >= 0.3 is 0 Å². The van der Waals surface area contributed by atoms with E-state index in [1.807, 2.05) is 21.0 Å². The second-order valence-electron chi connectivity index (χ2n) is 3.45. The van der Waals surface area contributed by atoms with Gasteiger partial charge in [0.2, 0.25) is 5.91 Å². The molecule has 0 fully saturated rings. The van der Waals surface area contributed by atoms with E-state index in [2.05, 4.69) is 10.2 Å². The van der Waals surface area contributed by atoms with Gasteiger partial charge in [-0.3, -0.25) is 4.79 Å². The normalized spacial score (nSPS) is 16.1. The van der Waals surface area contributed by atoms with Gasteiger partial charge in [-0.15, -0.1) is 0 Å².